The van der Waals surface area contributed by atoms with Crippen molar-refractivity contribution in [1.82, 2.24) is 4.98 Å². The molecule has 0 saturated carbocycles. The Morgan fingerprint density at radius 2 is 1.86 bits per heavy atom. The van der Waals surface area contributed by atoms with E-state index in [1.54, 1.807) is 0 Å². The highest BCUT2D eigenvalue weighted by molar-refractivity contribution is 9.10. The number of pyridine rings is 1. The van der Waals surface area contributed by atoms with Crippen molar-refractivity contribution in [2.75, 3.05) is 11.1 Å². The molecule has 2 heterocycles. The Morgan fingerprint density at radius 1 is 1.17 bits per heavy atom. The molecule has 0 fully saturated rings. The summed E-state index contributed by atoms with van der Waals surface area (Å²) in [6.07, 6.45) is -0.813. The minimum absolute atomic E-state index is 0.282. The summed E-state index contributed by atoms with van der Waals surface area (Å²) in [7, 11) is 0. The summed E-state index contributed by atoms with van der Waals surface area (Å²) in [6.45, 7) is 1.85. The van der Waals surface area contributed by atoms with Crippen LogP contribution in [0.2, 0.25) is 0 Å². The molecule has 0 radical (unpaired) electrons. The lowest BCUT2D eigenvalue weighted by Gasteiger charge is -2.14. The van der Waals surface area contributed by atoms with Crippen LogP contribution in [0.4, 0.5) is 11.4 Å². The zero-order valence-electron chi connectivity index (χ0n) is 15.5. The number of thiophene rings is 1. The van der Waals surface area contributed by atoms with Gasteiger partial charge in [-0.25, -0.2) is 4.98 Å². The maximum Gasteiger partial charge on any atom is 0.267 e. The van der Waals surface area contributed by atoms with Crippen molar-refractivity contribution in [3.63, 3.8) is 0 Å². The molecular weight excluding hydrogens is 450 g/mol. The first-order valence-corrected chi connectivity index (χ1v) is 10.5. The van der Waals surface area contributed by atoms with Crippen LogP contribution < -0.4 is 11.1 Å². The number of aryl methyl sites for hydroxylation is 1. The number of fused-ring (bicyclic) bond motifs is 1. The lowest BCUT2D eigenvalue weighted by molar-refractivity contribution is 0.103. The van der Waals surface area contributed by atoms with Crippen LogP contribution in [-0.4, -0.2) is 16.0 Å². The van der Waals surface area contributed by atoms with E-state index in [9.17, 15) is 9.90 Å². The molecule has 29 heavy (non-hydrogen) atoms. The standard InChI is InChI=1S/C22H18BrN3O2S/c1-12-16(19(27)13-5-3-2-4-6-13)11-17-18(24)20(29-22(17)25-12)21(28)26-15-9-7-14(23)8-10-15/h2-11,19,27H,24H2,1H3,(H,26,28). The number of anilines is 2. The molecule has 0 bridgehead atoms. The van der Waals surface area contributed by atoms with Crippen LogP contribution in [0.25, 0.3) is 10.2 Å². The number of nitrogens with one attached hydrogen (secondary N) is 1. The molecule has 0 saturated heterocycles. The second kappa shape index (κ2) is 7.94. The molecule has 0 spiro atoms. The van der Waals surface area contributed by atoms with Gasteiger partial charge in [0.05, 0.1) is 5.69 Å². The number of carbonyl (C=O) groups is 1. The van der Waals surface area contributed by atoms with Crippen molar-refractivity contribution in [3.05, 3.63) is 86.8 Å². The van der Waals surface area contributed by atoms with Crippen LogP contribution in [0.3, 0.4) is 0 Å². The highest BCUT2D eigenvalue weighted by atomic mass is 79.9. The molecule has 5 nitrogen and oxygen atoms in total. The summed E-state index contributed by atoms with van der Waals surface area (Å²) in [5, 5.41) is 14.3. The summed E-state index contributed by atoms with van der Waals surface area (Å²) < 4.78 is 0.932. The van der Waals surface area contributed by atoms with Crippen LogP contribution in [0, 0.1) is 6.92 Å². The largest absolute Gasteiger partial charge is 0.397 e. The summed E-state index contributed by atoms with van der Waals surface area (Å²) >= 11 is 4.62. The van der Waals surface area contributed by atoms with Gasteiger partial charge in [-0.2, -0.15) is 0 Å². The van der Waals surface area contributed by atoms with E-state index >= 15 is 0 Å². The highest BCUT2D eigenvalue weighted by Gasteiger charge is 2.21. The monoisotopic (exact) mass is 467 g/mol. The average molecular weight is 468 g/mol. The van der Waals surface area contributed by atoms with Gasteiger partial charge >= 0.3 is 0 Å². The number of benzene rings is 2. The normalized spacial score (nSPS) is 12.1. The van der Waals surface area contributed by atoms with E-state index in [1.165, 1.54) is 11.3 Å². The Balaban J connectivity index is 1.70. The van der Waals surface area contributed by atoms with Gasteiger partial charge < -0.3 is 16.2 Å². The van der Waals surface area contributed by atoms with Crippen molar-refractivity contribution in [3.8, 4) is 0 Å². The van der Waals surface area contributed by atoms with E-state index < -0.39 is 6.10 Å². The van der Waals surface area contributed by atoms with Crippen LogP contribution in [0.15, 0.2) is 65.1 Å². The van der Waals surface area contributed by atoms with Crippen molar-refractivity contribution in [2.24, 2.45) is 0 Å². The second-order valence-electron chi connectivity index (χ2n) is 6.63. The molecule has 4 N–H and O–H groups in total. The van der Waals surface area contributed by atoms with Gasteiger partial charge in [-0.3, -0.25) is 4.79 Å². The van der Waals surface area contributed by atoms with Crippen LogP contribution >= 0.6 is 27.3 Å². The van der Waals surface area contributed by atoms with Gasteiger partial charge in [-0.15, -0.1) is 11.3 Å². The zero-order chi connectivity index (χ0) is 20.5. The molecule has 7 heteroatoms. The fraction of sp³-hybridized carbons (Fsp3) is 0.0909. The van der Waals surface area contributed by atoms with Gasteiger partial charge in [0, 0.05) is 26.8 Å². The maximum absolute atomic E-state index is 12.7. The molecule has 2 aromatic heterocycles. The van der Waals surface area contributed by atoms with E-state index in [0.717, 1.165) is 10.0 Å². The maximum atomic E-state index is 12.7. The first kappa shape index (κ1) is 19.6. The summed E-state index contributed by atoms with van der Waals surface area (Å²) in [6, 6.07) is 18.5. The first-order valence-electron chi connectivity index (χ1n) is 8.93. The van der Waals surface area contributed by atoms with E-state index in [4.69, 9.17) is 5.73 Å². The summed E-state index contributed by atoms with van der Waals surface area (Å²) in [5.41, 5.74) is 9.50. The molecule has 0 aliphatic rings. The van der Waals surface area contributed by atoms with Crippen molar-refractivity contribution >= 4 is 54.8 Å². The highest BCUT2D eigenvalue weighted by Crippen LogP contribution is 2.36. The molecule has 0 aliphatic heterocycles. The molecule has 146 valence electrons. The molecular formula is C22H18BrN3O2S. The Kier molecular flexibility index (Phi) is 5.36. The molecule has 1 unspecified atom stereocenters. The number of aliphatic hydroxyl groups is 1. The van der Waals surface area contributed by atoms with E-state index in [-0.39, 0.29) is 5.91 Å². The smallest absolute Gasteiger partial charge is 0.267 e. The number of hydrogen-bond acceptors (Lipinski definition) is 5. The number of aromatic nitrogens is 1. The summed E-state index contributed by atoms with van der Waals surface area (Å²) in [5.74, 6) is -0.282. The van der Waals surface area contributed by atoms with E-state index in [1.807, 2.05) is 67.6 Å². The Hall–Kier alpha value is -2.74. The summed E-state index contributed by atoms with van der Waals surface area (Å²) in [4.78, 5) is 18.4. The molecule has 4 aromatic rings. The molecule has 1 amide bonds. The molecule has 1 atom stereocenters. The van der Waals surface area contributed by atoms with Gasteiger partial charge in [0.1, 0.15) is 15.8 Å². The Labute approximate surface area is 180 Å². The third-order valence-corrected chi connectivity index (χ3v) is 6.31. The second-order valence-corrected chi connectivity index (χ2v) is 8.55. The SMILES string of the molecule is Cc1nc2sc(C(=O)Nc3ccc(Br)cc3)c(N)c2cc1C(O)c1ccccc1. The number of halogens is 1. The first-order chi connectivity index (χ1) is 13.9. The Morgan fingerprint density at radius 3 is 2.55 bits per heavy atom. The van der Waals surface area contributed by atoms with Crippen LogP contribution in [-0.2, 0) is 0 Å². The number of carbonyl (C=O) groups excluding carboxylic acids is 1. The van der Waals surface area contributed by atoms with Gasteiger partial charge in [0.25, 0.3) is 5.91 Å². The number of hydrogen-bond donors (Lipinski definition) is 3. The quantitative estimate of drug-likeness (QED) is 0.380. The predicted octanol–water partition coefficient (Wildman–Crippen LogP) is 5.28. The lowest BCUT2D eigenvalue weighted by Crippen LogP contribution is -2.11. The minimum atomic E-state index is -0.813. The van der Waals surface area contributed by atoms with Gasteiger partial charge in [-0.05, 0) is 42.8 Å². The number of nitrogens with two attached hydrogens (primary N) is 1. The molecule has 0 aliphatic carbocycles. The average Bonchev–Trinajstić information content (AvgIpc) is 3.05. The zero-order valence-corrected chi connectivity index (χ0v) is 17.9. The molecule has 4 rings (SSSR count). The number of nitrogens with zero attached hydrogens (tertiary/aromatic N) is 1. The van der Waals surface area contributed by atoms with E-state index in [2.05, 4.69) is 26.2 Å². The third-order valence-electron chi connectivity index (χ3n) is 4.67. The van der Waals surface area contributed by atoms with Crippen LogP contribution in [0.5, 0.6) is 0 Å². The van der Waals surface area contributed by atoms with Crippen molar-refractivity contribution in [2.45, 2.75) is 13.0 Å². The number of aliphatic hydroxyl groups excluding tert-OH is 1. The van der Waals surface area contributed by atoms with Crippen LogP contribution in [0.1, 0.15) is 32.6 Å². The minimum Gasteiger partial charge on any atom is -0.397 e. The van der Waals surface area contributed by atoms with Gasteiger partial charge in [-0.1, -0.05) is 46.3 Å². The number of rotatable bonds is 4. The third kappa shape index (κ3) is 3.89. The van der Waals surface area contributed by atoms with E-state index in [0.29, 0.717) is 37.7 Å². The van der Waals surface area contributed by atoms with Gasteiger partial charge in [0.15, 0.2) is 0 Å². The fourth-order valence-corrected chi connectivity index (χ4v) is 4.41. The molecule has 2 aromatic carbocycles. The lowest BCUT2D eigenvalue weighted by atomic mass is 9.99. The number of amides is 1. The topological polar surface area (TPSA) is 88.2 Å². The predicted molar refractivity (Wildman–Crippen MR) is 121 cm³/mol. The fourth-order valence-electron chi connectivity index (χ4n) is 3.12. The Bertz CT molecular complexity index is 1190. The van der Waals surface area contributed by atoms with Gasteiger partial charge in [0.2, 0.25) is 0 Å². The number of nitrogen functional groups attached to an aromatic ring is 1. The van der Waals surface area contributed by atoms with Crippen molar-refractivity contribution in [1.29, 1.82) is 0 Å². The van der Waals surface area contributed by atoms with Crippen molar-refractivity contribution < 1.29 is 9.90 Å².